The van der Waals surface area contributed by atoms with E-state index in [1.807, 2.05) is 26.0 Å². The number of aliphatic carboxylic acids is 1. The fourth-order valence-electron chi connectivity index (χ4n) is 4.96. The van der Waals surface area contributed by atoms with Crippen molar-refractivity contribution in [3.8, 4) is 0 Å². The number of fused-ring (bicyclic) bond motifs is 1. The minimum Gasteiger partial charge on any atom is -0.481 e. The van der Waals surface area contributed by atoms with Crippen molar-refractivity contribution in [1.29, 1.82) is 0 Å². The van der Waals surface area contributed by atoms with Crippen molar-refractivity contribution in [2.75, 3.05) is 0 Å². The number of carbonyl (C=O) groups is 2. The number of ether oxygens (including phenoxy) is 1. The van der Waals surface area contributed by atoms with Gasteiger partial charge in [-0.15, -0.1) is 0 Å². The first-order chi connectivity index (χ1) is 14.7. The standard InChI is InChI=1S/C24H38O7/c1-4-15(5-2)24(30)31-21-12-18(26)10-16-7-6-14(3)20(23(16)21)9-8-17(25)11-19(27)13-22(28)29/h6-7,10,14-15,17-21,23,25-27H,4-5,8-9,11-13H2,1-3H3,(H,28,29)/t14-,17?,18+,19+,20-,21-,23-/m0/s1. The van der Waals surface area contributed by atoms with Crippen molar-refractivity contribution in [3.05, 3.63) is 23.8 Å². The zero-order valence-corrected chi connectivity index (χ0v) is 18.8. The molecule has 0 heterocycles. The molecular formula is C24H38O7. The maximum atomic E-state index is 12.7. The van der Waals surface area contributed by atoms with Gasteiger partial charge in [0.05, 0.1) is 30.7 Å². The summed E-state index contributed by atoms with van der Waals surface area (Å²) in [4.78, 5) is 23.4. The summed E-state index contributed by atoms with van der Waals surface area (Å²) in [6, 6.07) is 0. The molecule has 0 saturated heterocycles. The quantitative estimate of drug-likeness (QED) is 0.366. The van der Waals surface area contributed by atoms with Crippen molar-refractivity contribution in [2.45, 2.75) is 90.1 Å². The Hall–Kier alpha value is -1.70. The maximum absolute atomic E-state index is 12.7. The van der Waals surface area contributed by atoms with Crippen LogP contribution in [-0.4, -0.2) is 56.8 Å². The fourth-order valence-corrected chi connectivity index (χ4v) is 4.96. The first-order valence-corrected chi connectivity index (χ1v) is 11.5. The molecule has 7 atom stereocenters. The lowest BCUT2D eigenvalue weighted by Gasteiger charge is -2.43. The number of aliphatic hydroxyl groups is 3. The molecule has 0 aromatic rings. The number of carbonyl (C=O) groups excluding carboxylic acids is 1. The minimum absolute atomic E-state index is 0.0163. The van der Waals surface area contributed by atoms with Gasteiger partial charge in [-0.3, -0.25) is 9.59 Å². The van der Waals surface area contributed by atoms with Gasteiger partial charge < -0.3 is 25.2 Å². The minimum atomic E-state index is -1.09. The van der Waals surface area contributed by atoms with Crippen LogP contribution in [0.25, 0.3) is 0 Å². The molecule has 2 aliphatic rings. The highest BCUT2D eigenvalue weighted by Gasteiger charge is 2.42. The molecule has 176 valence electrons. The number of allylic oxidation sites excluding steroid dienone is 2. The van der Waals surface area contributed by atoms with Crippen LogP contribution in [-0.2, 0) is 14.3 Å². The lowest BCUT2D eigenvalue weighted by Crippen LogP contribution is -2.43. The summed E-state index contributed by atoms with van der Waals surface area (Å²) in [6.07, 6.45) is 5.40. The van der Waals surface area contributed by atoms with Crippen LogP contribution in [0.15, 0.2) is 23.8 Å². The zero-order chi connectivity index (χ0) is 23.1. The molecule has 0 aromatic carbocycles. The van der Waals surface area contributed by atoms with Crippen LogP contribution in [0.4, 0.5) is 0 Å². The van der Waals surface area contributed by atoms with Gasteiger partial charge in [0.25, 0.3) is 0 Å². The smallest absolute Gasteiger partial charge is 0.309 e. The Bertz CT molecular complexity index is 667. The molecule has 0 aliphatic heterocycles. The van der Waals surface area contributed by atoms with Crippen molar-refractivity contribution in [1.82, 2.24) is 0 Å². The van der Waals surface area contributed by atoms with Crippen molar-refractivity contribution < 1.29 is 34.8 Å². The van der Waals surface area contributed by atoms with E-state index in [-0.39, 0.29) is 42.5 Å². The van der Waals surface area contributed by atoms with Gasteiger partial charge in [0.2, 0.25) is 0 Å². The summed E-state index contributed by atoms with van der Waals surface area (Å²) < 4.78 is 5.93. The Morgan fingerprint density at radius 3 is 2.48 bits per heavy atom. The number of carboxylic acids is 1. The van der Waals surface area contributed by atoms with Crippen LogP contribution in [0.5, 0.6) is 0 Å². The van der Waals surface area contributed by atoms with E-state index in [0.717, 1.165) is 5.57 Å². The monoisotopic (exact) mass is 438 g/mol. The number of hydrogen-bond acceptors (Lipinski definition) is 6. The van der Waals surface area contributed by atoms with E-state index in [1.54, 1.807) is 0 Å². The normalized spacial score (nSPS) is 29.8. The second-order valence-corrected chi connectivity index (χ2v) is 9.08. The highest BCUT2D eigenvalue weighted by atomic mass is 16.5. The average Bonchev–Trinajstić information content (AvgIpc) is 2.67. The third-order valence-electron chi connectivity index (χ3n) is 6.75. The number of hydrogen-bond donors (Lipinski definition) is 4. The SMILES string of the molecule is CCC(CC)C(=O)O[C@H]1C[C@H](O)C=C2C=C[C@H](C)[C@H](CCC(O)C[C@@H](O)CC(=O)O)[C@H]21. The molecule has 1 unspecified atom stereocenters. The van der Waals surface area contributed by atoms with Gasteiger partial charge >= 0.3 is 11.9 Å². The molecule has 0 radical (unpaired) electrons. The van der Waals surface area contributed by atoms with Crippen LogP contribution >= 0.6 is 0 Å². The largest absolute Gasteiger partial charge is 0.481 e. The number of aliphatic hydroxyl groups excluding tert-OH is 3. The Morgan fingerprint density at radius 1 is 1.19 bits per heavy atom. The van der Waals surface area contributed by atoms with Crippen LogP contribution < -0.4 is 0 Å². The van der Waals surface area contributed by atoms with Gasteiger partial charge in [0, 0.05) is 12.3 Å². The van der Waals surface area contributed by atoms with E-state index in [0.29, 0.717) is 32.1 Å². The van der Waals surface area contributed by atoms with E-state index in [4.69, 9.17) is 9.84 Å². The van der Waals surface area contributed by atoms with Crippen LogP contribution in [0, 0.1) is 23.7 Å². The predicted molar refractivity (Wildman–Crippen MR) is 116 cm³/mol. The summed E-state index contributed by atoms with van der Waals surface area (Å²) in [5.74, 6) is -1.22. The van der Waals surface area contributed by atoms with Gasteiger partial charge in [-0.05, 0) is 49.5 Å². The molecule has 2 aliphatic carbocycles. The Morgan fingerprint density at radius 2 is 1.87 bits per heavy atom. The van der Waals surface area contributed by atoms with E-state index < -0.39 is 30.4 Å². The molecule has 31 heavy (non-hydrogen) atoms. The van der Waals surface area contributed by atoms with Gasteiger partial charge in [0.15, 0.2) is 0 Å². The molecule has 0 amide bonds. The highest BCUT2D eigenvalue weighted by molar-refractivity contribution is 5.72. The molecular weight excluding hydrogens is 400 g/mol. The molecule has 0 saturated carbocycles. The first-order valence-electron chi connectivity index (χ1n) is 11.5. The molecule has 7 heteroatoms. The zero-order valence-electron chi connectivity index (χ0n) is 18.8. The molecule has 2 rings (SSSR count). The van der Waals surface area contributed by atoms with E-state index in [2.05, 4.69) is 13.0 Å². The van der Waals surface area contributed by atoms with E-state index in [9.17, 15) is 24.9 Å². The second kappa shape index (κ2) is 11.8. The molecule has 0 fully saturated rings. The van der Waals surface area contributed by atoms with E-state index in [1.165, 1.54) is 0 Å². The fraction of sp³-hybridized carbons (Fsp3) is 0.750. The topological polar surface area (TPSA) is 124 Å². The molecule has 0 spiro atoms. The Balaban J connectivity index is 2.10. The first kappa shape index (κ1) is 25.6. The summed E-state index contributed by atoms with van der Waals surface area (Å²) in [7, 11) is 0. The lowest BCUT2D eigenvalue weighted by molar-refractivity contribution is -0.160. The average molecular weight is 439 g/mol. The van der Waals surface area contributed by atoms with Gasteiger partial charge in [0.1, 0.15) is 6.10 Å². The van der Waals surface area contributed by atoms with Crippen molar-refractivity contribution in [3.63, 3.8) is 0 Å². The Labute approximate surface area is 184 Å². The number of carboxylic acid groups (broad SMARTS) is 1. The Kier molecular flexibility index (Phi) is 9.72. The summed E-state index contributed by atoms with van der Waals surface area (Å²) in [5, 5.41) is 39.2. The second-order valence-electron chi connectivity index (χ2n) is 9.08. The van der Waals surface area contributed by atoms with Gasteiger partial charge in [-0.1, -0.05) is 39.0 Å². The molecule has 7 nitrogen and oxygen atoms in total. The summed E-state index contributed by atoms with van der Waals surface area (Å²) >= 11 is 0. The van der Waals surface area contributed by atoms with Crippen molar-refractivity contribution >= 4 is 11.9 Å². The summed E-state index contributed by atoms with van der Waals surface area (Å²) in [6.45, 7) is 6.02. The third kappa shape index (κ3) is 7.16. The molecule has 0 bridgehead atoms. The van der Waals surface area contributed by atoms with Crippen LogP contribution in [0.2, 0.25) is 0 Å². The maximum Gasteiger partial charge on any atom is 0.309 e. The van der Waals surface area contributed by atoms with Crippen LogP contribution in [0.3, 0.4) is 0 Å². The number of rotatable bonds is 11. The van der Waals surface area contributed by atoms with Crippen molar-refractivity contribution in [2.24, 2.45) is 23.7 Å². The number of esters is 1. The third-order valence-corrected chi connectivity index (χ3v) is 6.75. The van der Waals surface area contributed by atoms with Gasteiger partial charge in [-0.2, -0.15) is 0 Å². The van der Waals surface area contributed by atoms with E-state index >= 15 is 0 Å². The lowest BCUT2D eigenvalue weighted by atomic mass is 9.66. The van der Waals surface area contributed by atoms with Gasteiger partial charge in [-0.25, -0.2) is 0 Å². The molecule has 4 N–H and O–H groups in total. The summed E-state index contributed by atoms with van der Waals surface area (Å²) in [5.41, 5.74) is 0.963. The molecule has 0 aromatic heterocycles. The van der Waals surface area contributed by atoms with Crippen LogP contribution in [0.1, 0.15) is 65.7 Å². The predicted octanol–water partition coefficient (Wildman–Crippen LogP) is 2.83. The highest BCUT2D eigenvalue weighted by Crippen LogP contribution is 2.44.